The number of carbonyl (C=O) groups excluding carboxylic acids is 1. The predicted octanol–water partition coefficient (Wildman–Crippen LogP) is 3.86. The molecule has 0 spiro atoms. The van der Waals surface area contributed by atoms with Crippen LogP contribution in [0.4, 0.5) is 13.2 Å². The minimum Gasteiger partial charge on any atom is -0.484 e. The Balaban J connectivity index is 1.79. The van der Waals surface area contributed by atoms with Crippen molar-refractivity contribution in [2.75, 3.05) is 6.61 Å². The molecule has 0 aliphatic rings. The fourth-order valence-electron chi connectivity index (χ4n) is 1.82. The van der Waals surface area contributed by atoms with Crippen LogP contribution in [-0.2, 0) is 11.3 Å². The number of rotatable bonds is 6. The molecular weight excluding hydrogens is 323 g/mol. The summed E-state index contributed by atoms with van der Waals surface area (Å²) in [5.74, 6) is 1.15. The Bertz CT molecular complexity index is 703. The number of aryl methyl sites for hydroxylation is 1. The zero-order valence-corrected chi connectivity index (χ0v) is 12.9. The lowest BCUT2D eigenvalue weighted by Crippen LogP contribution is -2.20. The van der Waals surface area contributed by atoms with Crippen LogP contribution in [0.1, 0.15) is 17.1 Å². The normalized spacial score (nSPS) is 11.7. The molecule has 0 atom stereocenters. The molecule has 2 aromatic rings. The average molecular weight is 339 g/mol. The lowest BCUT2D eigenvalue weighted by molar-refractivity contribution is -0.153. The topological polar surface area (TPSA) is 51.5 Å². The molecule has 1 aromatic carbocycles. The minimum absolute atomic E-state index is 0.121. The molecule has 1 heterocycles. The number of hydrogen-bond acceptors (Lipinski definition) is 3. The van der Waals surface area contributed by atoms with E-state index in [-0.39, 0.29) is 18.2 Å². The second-order valence-corrected chi connectivity index (χ2v) is 5.05. The van der Waals surface area contributed by atoms with Crippen molar-refractivity contribution in [2.45, 2.75) is 19.6 Å². The summed E-state index contributed by atoms with van der Waals surface area (Å²) in [6, 6.07) is 9.57. The summed E-state index contributed by atoms with van der Waals surface area (Å²) >= 11 is 0. The first-order valence-corrected chi connectivity index (χ1v) is 7.13. The second-order valence-electron chi connectivity index (χ2n) is 5.05. The highest BCUT2D eigenvalue weighted by molar-refractivity contribution is 5.91. The molecule has 0 aliphatic carbocycles. The third kappa shape index (κ3) is 6.20. The van der Waals surface area contributed by atoms with Crippen molar-refractivity contribution < 1.29 is 27.1 Å². The standard InChI is InChI=1S/C17H16F3NO3/c1-12-2-5-15(24-12)8-9-16(22)21-10-13-3-6-14(7-4-13)23-11-17(18,19)20/h2-9H,10-11H2,1H3,(H,21,22)/b9-8+. The van der Waals surface area contributed by atoms with Gasteiger partial charge in [0.1, 0.15) is 17.3 Å². The van der Waals surface area contributed by atoms with Gasteiger partial charge in [-0.15, -0.1) is 0 Å². The van der Waals surface area contributed by atoms with Crippen molar-refractivity contribution in [2.24, 2.45) is 0 Å². The van der Waals surface area contributed by atoms with E-state index in [4.69, 9.17) is 4.42 Å². The Morgan fingerprint density at radius 2 is 1.92 bits per heavy atom. The summed E-state index contributed by atoms with van der Waals surface area (Å²) in [5.41, 5.74) is 0.741. The second kappa shape index (κ2) is 7.72. The van der Waals surface area contributed by atoms with Crippen LogP contribution in [0, 0.1) is 6.92 Å². The number of alkyl halides is 3. The molecule has 0 aliphatic heterocycles. The molecule has 1 N–H and O–H groups in total. The molecule has 1 aromatic heterocycles. The Morgan fingerprint density at radius 1 is 1.21 bits per heavy atom. The molecule has 1 amide bonds. The molecule has 128 valence electrons. The van der Waals surface area contributed by atoms with Gasteiger partial charge in [0.05, 0.1) is 0 Å². The first-order chi connectivity index (χ1) is 11.3. The van der Waals surface area contributed by atoms with Crippen LogP contribution in [0.15, 0.2) is 46.9 Å². The van der Waals surface area contributed by atoms with E-state index >= 15 is 0 Å². The molecule has 7 heteroatoms. The maximum atomic E-state index is 12.0. The maximum Gasteiger partial charge on any atom is 0.422 e. The number of benzene rings is 1. The summed E-state index contributed by atoms with van der Waals surface area (Å²) in [4.78, 5) is 11.7. The van der Waals surface area contributed by atoms with Crippen molar-refractivity contribution >= 4 is 12.0 Å². The van der Waals surface area contributed by atoms with Crippen LogP contribution in [0.2, 0.25) is 0 Å². The number of ether oxygens (including phenoxy) is 1. The van der Waals surface area contributed by atoms with E-state index in [1.165, 1.54) is 18.2 Å². The van der Waals surface area contributed by atoms with Crippen molar-refractivity contribution in [3.05, 3.63) is 59.6 Å². The van der Waals surface area contributed by atoms with Crippen molar-refractivity contribution in [3.63, 3.8) is 0 Å². The van der Waals surface area contributed by atoms with Crippen LogP contribution < -0.4 is 10.1 Å². The summed E-state index contributed by atoms with van der Waals surface area (Å²) in [7, 11) is 0. The van der Waals surface area contributed by atoms with Crippen LogP contribution >= 0.6 is 0 Å². The predicted molar refractivity (Wildman–Crippen MR) is 82.3 cm³/mol. The molecule has 0 fully saturated rings. The quantitative estimate of drug-likeness (QED) is 0.813. The van der Waals surface area contributed by atoms with Crippen molar-refractivity contribution in [1.29, 1.82) is 0 Å². The number of carbonyl (C=O) groups is 1. The van der Waals surface area contributed by atoms with E-state index in [1.54, 1.807) is 37.3 Å². The smallest absolute Gasteiger partial charge is 0.422 e. The van der Waals surface area contributed by atoms with Gasteiger partial charge in [0.2, 0.25) is 5.91 Å². The first-order valence-electron chi connectivity index (χ1n) is 7.13. The van der Waals surface area contributed by atoms with E-state index in [2.05, 4.69) is 10.1 Å². The van der Waals surface area contributed by atoms with E-state index in [0.717, 1.165) is 11.3 Å². The summed E-state index contributed by atoms with van der Waals surface area (Å²) in [5, 5.41) is 2.66. The van der Waals surface area contributed by atoms with Crippen molar-refractivity contribution in [3.8, 4) is 5.75 Å². The summed E-state index contributed by atoms with van der Waals surface area (Å²) < 4.78 is 46.0. The number of nitrogens with one attached hydrogen (secondary N) is 1. The maximum absolute atomic E-state index is 12.0. The largest absolute Gasteiger partial charge is 0.484 e. The van der Waals surface area contributed by atoms with Crippen LogP contribution in [0.5, 0.6) is 5.75 Å². The highest BCUT2D eigenvalue weighted by Crippen LogP contribution is 2.18. The van der Waals surface area contributed by atoms with E-state index in [0.29, 0.717) is 5.76 Å². The van der Waals surface area contributed by atoms with Gasteiger partial charge in [-0.25, -0.2) is 0 Å². The van der Waals surface area contributed by atoms with Gasteiger partial charge in [-0.1, -0.05) is 12.1 Å². The number of hydrogen-bond donors (Lipinski definition) is 1. The highest BCUT2D eigenvalue weighted by Gasteiger charge is 2.28. The fraction of sp³-hybridized carbons (Fsp3) is 0.235. The lowest BCUT2D eigenvalue weighted by atomic mass is 10.2. The van der Waals surface area contributed by atoms with Gasteiger partial charge in [-0.05, 0) is 42.8 Å². The lowest BCUT2D eigenvalue weighted by Gasteiger charge is -2.09. The molecular formula is C17H16F3NO3. The van der Waals surface area contributed by atoms with Crippen LogP contribution in [-0.4, -0.2) is 18.7 Å². The third-order valence-electron chi connectivity index (χ3n) is 2.95. The van der Waals surface area contributed by atoms with E-state index < -0.39 is 12.8 Å². The highest BCUT2D eigenvalue weighted by atomic mass is 19.4. The number of furan rings is 1. The van der Waals surface area contributed by atoms with Gasteiger partial charge in [-0.2, -0.15) is 13.2 Å². The third-order valence-corrected chi connectivity index (χ3v) is 2.95. The molecule has 4 nitrogen and oxygen atoms in total. The van der Waals surface area contributed by atoms with Crippen molar-refractivity contribution in [1.82, 2.24) is 5.32 Å². The molecule has 0 saturated heterocycles. The Labute approximate surface area is 136 Å². The monoisotopic (exact) mass is 339 g/mol. The van der Waals surface area contributed by atoms with Gasteiger partial charge >= 0.3 is 6.18 Å². The van der Waals surface area contributed by atoms with Gasteiger partial charge in [0.15, 0.2) is 6.61 Å². The Kier molecular flexibility index (Phi) is 5.68. The SMILES string of the molecule is Cc1ccc(/C=C/C(=O)NCc2ccc(OCC(F)(F)F)cc2)o1. The Morgan fingerprint density at radius 3 is 2.50 bits per heavy atom. The Hall–Kier alpha value is -2.70. The molecule has 0 unspecified atom stereocenters. The first kappa shape index (κ1) is 17.7. The minimum atomic E-state index is -4.37. The molecule has 0 radical (unpaired) electrons. The van der Waals surface area contributed by atoms with Crippen LogP contribution in [0.25, 0.3) is 6.08 Å². The summed E-state index contributed by atoms with van der Waals surface area (Å²) in [6.07, 6.45) is -1.47. The fourth-order valence-corrected chi connectivity index (χ4v) is 1.82. The van der Waals surface area contributed by atoms with Crippen LogP contribution in [0.3, 0.4) is 0 Å². The van der Waals surface area contributed by atoms with Gasteiger partial charge in [-0.3, -0.25) is 4.79 Å². The number of amides is 1. The zero-order valence-electron chi connectivity index (χ0n) is 12.9. The van der Waals surface area contributed by atoms with Gasteiger partial charge in [0, 0.05) is 12.6 Å². The average Bonchev–Trinajstić information content (AvgIpc) is 2.95. The molecule has 0 saturated carbocycles. The van der Waals surface area contributed by atoms with E-state index in [9.17, 15) is 18.0 Å². The number of halogens is 3. The molecule has 2 rings (SSSR count). The summed E-state index contributed by atoms with van der Waals surface area (Å²) in [6.45, 7) is 0.722. The molecule has 0 bridgehead atoms. The molecule has 24 heavy (non-hydrogen) atoms. The van der Waals surface area contributed by atoms with Gasteiger partial charge < -0.3 is 14.5 Å². The van der Waals surface area contributed by atoms with Gasteiger partial charge in [0.25, 0.3) is 0 Å². The van der Waals surface area contributed by atoms with E-state index in [1.807, 2.05) is 0 Å². The zero-order chi connectivity index (χ0) is 17.6.